The Labute approximate surface area is 527 Å². The van der Waals surface area contributed by atoms with Gasteiger partial charge in [-0.05, 0) is 113 Å². The molecule has 6 aromatic heterocycles. The molecule has 0 radical (unpaired) electrons. The summed E-state index contributed by atoms with van der Waals surface area (Å²) in [5.74, 6) is 3.21. The van der Waals surface area contributed by atoms with E-state index in [1.807, 2.05) is 60.7 Å². The molecule has 86 heavy (non-hydrogen) atoms. The summed E-state index contributed by atoms with van der Waals surface area (Å²) >= 11 is 26.0. The number of hydrogen-bond acceptors (Lipinski definition) is 22. The van der Waals surface area contributed by atoms with Gasteiger partial charge in [0.25, 0.3) is 5.89 Å². The van der Waals surface area contributed by atoms with E-state index < -0.39 is 14.0 Å². The third-order valence-electron chi connectivity index (χ3n) is 12.5. The molecule has 0 aliphatic carbocycles. The molecule has 6 heterocycles. The Morgan fingerprint density at radius 3 is 1.65 bits per heavy atom. The van der Waals surface area contributed by atoms with Crippen molar-refractivity contribution in [3.05, 3.63) is 162 Å². The quantitative estimate of drug-likeness (QED) is 0.0475. The standard InChI is InChI=1S/C22H24BrClN4O3SSi.C18H13ClN4O3S.C18H11ClN4O2S/c1-29-17-6-5-7-18-19(17)25-22(32-18)28(13-30-10-11-33(2,3)4)21-27-26-20(31-21)15-9-8-14(24)12-16(15)23;1-25-12-3-2-4-13-16(12)21-15(27-13)8-14-22-23-18(26-14)10-6-5-9(19)7-11(10)17(20)24;1-24-13-3-2-4-14-17(13)21-16(26-14)8-15-22-23-18(25-15)12-6-5-11(19)7-10(12)9-20/h5-9,12H,10-11,13H2,1-4H3;2-7H,8H2,1H3,(H2,20,24);2-7H,8H2,1H3. The number of aromatic nitrogens is 9. The maximum atomic E-state index is 11.7. The van der Waals surface area contributed by atoms with E-state index >= 15 is 0 Å². The molecule has 0 saturated heterocycles. The molecule has 20 nitrogen and oxygen atoms in total. The van der Waals surface area contributed by atoms with Gasteiger partial charge in [0.05, 0.1) is 76.1 Å². The predicted octanol–water partition coefficient (Wildman–Crippen LogP) is 15.4. The van der Waals surface area contributed by atoms with Crippen molar-refractivity contribution in [2.45, 2.75) is 38.5 Å². The molecular formula is C58H48BrCl3N12O8S3Si. The smallest absolute Gasteiger partial charge is 0.326 e. The summed E-state index contributed by atoms with van der Waals surface area (Å²) in [5, 5.41) is 37.9. The van der Waals surface area contributed by atoms with E-state index in [0.29, 0.717) is 91.5 Å². The molecule has 12 rings (SSSR count). The molecule has 0 aliphatic rings. The number of nitrogens with zero attached hydrogens (tertiary/aromatic N) is 11. The van der Waals surface area contributed by atoms with Crippen LogP contribution in [0.1, 0.15) is 37.7 Å². The van der Waals surface area contributed by atoms with Crippen LogP contribution in [0, 0.1) is 11.3 Å². The average Bonchev–Trinajstić information content (AvgIpc) is 3.12. The summed E-state index contributed by atoms with van der Waals surface area (Å²) in [4.78, 5) is 27.4. The minimum atomic E-state index is -1.22. The number of methoxy groups -OCH3 is 3. The summed E-state index contributed by atoms with van der Waals surface area (Å²) in [6.07, 6.45) is 0.778. The average molecular weight is 1350 g/mol. The maximum absolute atomic E-state index is 11.7. The number of ether oxygens (including phenoxy) is 4. The van der Waals surface area contributed by atoms with Crippen molar-refractivity contribution in [3.63, 3.8) is 0 Å². The Balaban J connectivity index is 0.000000144. The van der Waals surface area contributed by atoms with Crippen LogP contribution in [0.5, 0.6) is 17.2 Å². The Kier molecular flexibility index (Phi) is 19.4. The molecule has 0 aliphatic heterocycles. The van der Waals surface area contributed by atoms with Gasteiger partial charge in [0, 0.05) is 34.2 Å². The number of anilines is 2. The molecule has 28 heteroatoms. The second kappa shape index (κ2) is 27.2. The van der Waals surface area contributed by atoms with Crippen LogP contribution in [0.4, 0.5) is 11.1 Å². The molecule has 438 valence electrons. The normalized spacial score (nSPS) is 11.3. The first-order chi connectivity index (χ1) is 41.5. The lowest BCUT2D eigenvalue weighted by atomic mass is 10.1. The van der Waals surface area contributed by atoms with Crippen molar-refractivity contribution in [2.75, 3.05) is 39.6 Å². The number of fused-ring (bicyclic) bond motifs is 3. The number of carbonyl (C=O) groups is 1. The van der Waals surface area contributed by atoms with Gasteiger partial charge in [-0.1, -0.05) is 89.1 Å². The van der Waals surface area contributed by atoms with Crippen LogP contribution >= 0.6 is 84.7 Å². The summed E-state index contributed by atoms with van der Waals surface area (Å²) in [6, 6.07) is 35.9. The summed E-state index contributed by atoms with van der Waals surface area (Å²) in [6.45, 7) is 7.87. The van der Waals surface area contributed by atoms with Crippen molar-refractivity contribution >= 4 is 141 Å². The molecule has 12 aromatic rings. The van der Waals surface area contributed by atoms with Crippen molar-refractivity contribution in [1.29, 1.82) is 5.26 Å². The fraction of sp³-hybridized carbons (Fsp3) is 0.190. The van der Waals surface area contributed by atoms with E-state index in [1.165, 1.54) is 28.7 Å². The van der Waals surface area contributed by atoms with Crippen molar-refractivity contribution in [1.82, 2.24) is 45.5 Å². The van der Waals surface area contributed by atoms with Crippen LogP contribution in [0.3, 0.4) is 0 Å². The summed E-state index contributed by atoms with van der Waals surface area (Å²) in [5.41, 5.74) is 10.2. The number of amides is 1. The number of rotatable bonds is 18. The van der Waals surface area contributed by atoms with Crippen LogP contribution < -0.4 is 24.8 Å². The first-order valence-corrected chi connectivity index (χ1v) is 33.9. The van der Waals surface area contributed by atoms with Gasteiger partial charge < -0.3 is 37.9 Å². The zero-order valence-corrected chi connectivity index (χ0v) is 53.7. The number of hydrogen-bond donors (Lipinski definition) is 1. The topological polar surface area (TPSA) is 262 Å². The lowest BCUT2D eigenvalue weighted by Crippen LogP contribution is -2.25. The van der Waals surface area contributed by atoms with Crippen molar-refractivity contribution in [2.24, 2.45) is 5.73 Å². The van der Waals surface area contributed by atoms with Crippen molar-refractivity contribution in [3.8, 4) is 57.7 Å². The highest BCUT2D eigenvalue weighted by molar-refractivity contribution is 9.10. The van der Waals surface area contributed by atoms with Crippen molar-refractivity contribution < 1.29 is 37.0 Å². The van der Waals surface area contributed by atoms with E-state index in [4.69, 9.17) is 77.7 Å². The molecule has 0 bridgehead atoms. The van der Waals surface area contributed by atoms with Gasteiger partial charge in [-0.15, -0.1) is 48.2 Å². The number of primary amides is 1. The number of thiazole rings is 3. The zero-order chi connectivity index (χ0) is 60.6. The number of benzene rings is 6. The monoisotopic (exact) mass is 1350 g/mol. The molecule has 1 amide bonds. The minimum Gasteiger partial charge on any atom is -0.494 e. The number of nitrogens with two attached hydrogens (primary N) is 1. The van der Waals surface area contributed by atoms with Gasteiger partial charge in [0.15, 0.2) is 5.13 Å². The number of carbonyl (C=O) groups excluding carboxylic acids is 1. The molecule has 6 aromatic carbocycles. The van der Waals surface area contributed by atoms with Crippen LogP contribution in [0.15, 0.2) is 127 Å². The summed E-state index contributed by atoms with van der Waals surface area (Å²) in [7, 11) is 3.65. The van der Waals surface area contributed by atoms with E-state index in [1.54, 1.807) is 80.0 Å². The Hall–Kier alpha value is -7.90. The Morgan fingerprint density at radius 2 is 1.12 bits per heavy atom. The Bertz CT molecular complexity index is 4450. The van der Waals surface area contributed by atoms with E-state index in [-0.39, 0.29) is 24.1 Å². The fourth-order valence-electron chi connectivity index (χ4n) is 8.26. The second-order valence-electron chi connectivity index (χ2n) is 19.6. The maximum Gasteiger partial charge on any atom is 0.326 e. The molecule has 0 saturated carbocycles. The zero-order valence-electron chi connectivity index (χ0n) is 46.4. The lowest BCUT2D eigenvalue weighted by molar-refractivity contribution is 0.100. The summed E-state index contributed by atoms with van der Waals surface area (Å²) < 4.78 is 43.5. The highest BCUT2D eigenvalue weighted by atomic mass is 79.9. The van der Waals surface area contributed by atoms with E-state index in [9.17, 15) is 10.1 Å². The van der Waals surface area contributed by atoms with Crippen LogP contribution in [-0.4, -0.2) is 94.2 Å². The molecule has 0 atom stereocenters. The lowest BCUT2D eigenvalue weighted by Gasteiger charge is -2.19. The largest absolute Gasteiger partial charge is 0.494 e. The Morgan fingerprint density at radius 1 is 0.628 bits per heavy atom. The third-order valence-corrected chi connectivity index (χ3v) is 18.6. The van der Waals surface area contributed by atoms with E-state index in [0.717, 1.165) is 62.5 Å². The van der Waals surface area contributed by atoms with Crippen LogP contribution in [0.2, 0.25) is 40.8 Å². The fourth-order valence-corrected chi connectivity index (χ4v) is 13.1. The predicted molar refractivity (Wildman–Crippen MR) is 340 cm³/mol. The number of para-hydroxylation sites is 3. The second-order valence-corrected chi connectivity index (χ2v) is 30.7. The van der Waals surface area contributed by atoms with Gasteiger partial charge in [-0.2, -0.15) is 5.26 Å². The first kappa shape index (κ1) is 61.2. The highest BCUT2D eigenvalue weighted by Crippen LogP contribution is 2.39. The molecule has 0 spiro atoms. The highest BCUT2D eigenvalue weighted by Gasteiger charge is 2.25. The van der Waals surface area contributed by atoms with Gasteiger partial charge >= 0.3 is 6.01 Å². The molecule has 2 N–H and O–H groups in total. The molecular weight excluding hydrogens is 1300 g/mol. The van der Waals surface area contributed by atoms with Gasteiger partial charge in [-0.3, -0.25) is 4.79 Å². The van der Waals surface area contributed by atoms with Crippen LogP contribution in [-0.2, 0) is 17.6 Å². The first-order valence-electron chi connectivity index (χ1n) is 25.8. The minimum absolute atomic E-state index is 0.203. The molecule has 0 fully saturated rings. The van der Waals surface area contributed by atoms with Crippen LogP contribution in [0.25, 0.3) is 65.0 Å². The van der Waals surface area contributed by atoms with Gasteiger partial charge in [0.2, 0.25) is 29.5 Å². The number of nitriles is 1. The van der Waals surface area contributed by atoms with Gasteiger partial charge in [-0.25, -0.2) is 19.9 Å². The third kappa shape index (κ3) is 14.5. The van der Waals surface area contributed by atoms with Gasteiger partial charge in [0.1, 0.15) is 56.6 Å². The SMILES string of the molecule is COc1cccc2sc(Cc3nnc(-c4ccc(Cl)cc4C#N)o3)nc12.COc1cccc2sc(Cc3nnc(-c4ccc(Cl)cc4C(N)=O)o3)nc12.COc1cccc2sc(N(COCC[Si](C)(C)C)c3nnc(-c4ccc(Cl)cc4Br)o3)nc12. The molecule has 0 unspecified atom stereocenters. The van der Waals surface area contributed by atoms with E-state index in [2.05, 4.69) is 82.2 Å². The number of halogens is 4.